The molecular weight excluding hydrogens is 492 g/mol. The van der Waals surface area contributed by atoms with Gasteiger partial charge in [-0.1, -0.05) is 0 Å². The number of nitrogens with one attached hydrogen (secondary N) is 2. The largest absolute Gasteiger partial charge is 0.416 e. The average Bonchev–Trinajstić information content (AvgIpc) is 3.11. The quantitative estimate of drug-likeness (QED) is 0.306. The minimum absolute atomic E-state index is 0.111. The minimum atomic E-state index is -4.48. The molecule has 0 unspecified atom stereocenters. The monoisotopic (exact) mass is 508 g/mol. The third-order valence-electron chi connectivity index (χ3n) is 4.99. The first-order chi connectivity index (χ1) is 15.9. The molecule has 1 amide bonds. The molecule has 34 heavy (non-hydrogen) atoms. The third-order valence-corrected chi connectivity index (χ3v) is 7.66. The molecule has 0 saturated heterocycles. The summed E-state index contributed by atoms with van der Waals surface area (Å²) in [5.74, 6) is -1.05. The van der Waals surface area contributed by atoms with Gasteiger partial charge >= 0.3 is 6.18 Å². The van der Waals surface area contributed by atoms with Crippen LogP contribution in [0.4, 0.5) is 28.9 Å². The first-order valence-corrected chi connectivity index (χ1v) is 12.0. The first kappa shape index (κ1) is 23.7. The number of amides is 1. The number of aryl methyl sites for hydroxylation is 1. The molecule has 0 spiro atoms. The predicted octanol–water partition coefficient (Wildman–Crippen LogP) is 6.42. The van der Waals surface area contributed by atoms with Gasteiger partial charge in [0, 0.05) is 16.1 Å². The first-order valence-electron chi connectivity index (χ1n) is 9.74. The van der Waals surface area contributed by atoms with E-state index in [0.29, 0.717) is 21.3 Å². The molecule has 0 aliphatic heterocycles. The number of alkyl halides is 3. The van der Waals surface area contributed by atoms with Gasteiger partial charge in [0.2, 0.25) is 0 Å². The second-order valence-corrected chi connectivity index (χ2v) is 10.1. The highest BCUT2D eigenvalue weighted by Gasteiger charge is 2.31. The van der Waals surface area contributed by atoms with Crippen molar-refractivity contribution in [3.05, 3.63) is 88.6 Å². The van der Waals surface area contributed by atoms with E-state index in [4.69, 9.17) is 0 Å². The Balaban J connectivity index is 1.50. The SMILES string of the molecule is Cc1c(C(=O)Nc2ccc(NS(=O)(=O)c3ccc(F)cc3)cc2)sc2ccc(C(F)(F)F)cc12. The van der Waals surface area contributed by atoms with Crippen molar-refractivity contribution in [1.29, 1.82) is 0 Å². The van der Waals surface area contributed by atoms with Crippen LogP contribution in [-0.4, -0.2) is 14.3 Å². The van der Waals surface area contributed by atoms with Crippen LogP contribution < -0.4 is 10.0 Å². The van der Waals surface area contributed by atoms with Gasteiger partial charge in [-0.25, -0.2) is 12.8 Å². The highest BCUT2D eigenvalue weighted by atomic mass is 32.2. The number of anilines is 2. The number of sulfonamides is 1. The minimum Gasteiger partial charge on any atom is -0.321 e. The lowest BCUT2D eigenvalue weighted by atomic mass is 10.1. The Labute approximate surface area is 196 Å². The number of fused-ring (bicyclic) bond motifs is 1. The zero-order valence-corrected chi connectivity index (χ0v) is 19.0. The summed E-state index contributed by atoms with van der Waals surface area (Å²) in [6, 6.07) is 13.5. The van der Waals surface area contributed by atoms with E-state index < -0.39 is 33.5 Å². The molecule has 1 heterocycles. The summed E-state index contributed by atoms with van der Waals surface area (Å²) in [7, 11) is -3.93. The zero-order chi connectivity index (χ0) is 24.7. The lowest BCUT2D eigenvalue weighted by Gasteiger charge is -2.10. The van der Waals surface area contributed by atoms with Crippen LogP contribution in [0.25, 0.3) is 10.1 Å². The molecule has 0 saturated carbocycles. The molecule has 176 valence electrons. The summed E-state index contributed by atoms with van der Waals surface area (Å²) in [5, 5.41) is 3.02. The molecule has 0 fully saturated rings. The molecule has 0 aliphatic carbocycles. The fraction of sp³-hybridized carbons (Fsp3) is 0.0870. The predicted molar refractivity (Wildman–Crippen MR) is 123 cm³/mol. The van der Waals surface area contributed by atoms with Gasteiger partial charge in [0.25, 0.3) is 15.9 Å². The van der Waals surface area contributed by atoms with Crippen LogP contribution in [0, 0.1) is 12.7 Å². The molecule has 0 bridgehead atoms. The van der Waals surface area contributed by atoms with Crippen molar-refractivity contribution in [2.24, 2.45) is 0 Å². The number of benzene rings is 3. The Morgan fingerprint density at radius 1 is 0.912 bits per heavy atom. The molecule has 1 aromatic heterocycles. The molecule has 0 radical (unpaired) electrons. The van der Waals surface area contributed by atoms with Crippen molar-refractivity contribution in [3.63, 3.8) is 0 Å². The summed E-state index contributed by atoms with van der Waals surface area (Å²) >= 11 is 1.08. The van der Waals surface area contributed by atoms with Gasteiger partial charge in [0.15, 0.2) is 0 Å². The molecule has 5 nitrogen and oxygen atoms in total. The maximum Gasteiger partial charge on any atom is 0.416 e. The van der Waals surface area contributed by atoms with Gasteiger partial charge in [0.1, 0.15) is 5.82 Å². The maximum atomic E-state index is 13.0. The van der Waals surface area contributed by atoms with Crippen LogP contribution in [0.1, 0.15) is 20.8 Å². The summed E-state index contributed by atoms with van der Waals surface area (Å²) in [6.45, 7) is 1.58. The Morgan fingerprint density at radius 3 is 2.15 bits per heavy atom. The van der Waals surface area contributed by atoms with Gasteiger partial charge in [-0.15, -0.1) is 11.3 Å². The van der Waals surface area contributed by atoms with Crippen LogP contribution in [0.5, 0.6) is 0 Å². The number of thiophene rings is 1. The number of rotatable bonds is 5. The topological polar surface area (TPSA) is 75.3 Å². The third kappa shape index (κ3) is 4.90. The second-order valence-electron chi connectivity index (χ2n) is 7.36. The second kappa shape index (κ2) is 8.73. The molecule has 3 aromatic carbocycles. The van der Waals surface area contributed by atoms with Gasteiger partial charge < -0.3 is 5.32 Å². The van der Waals surface area contributed by atoms with Gasteiger partial charge in [-0.05, 0) is 84.6 Å². The average molecular weight is 509 g/mol. The summed E-state index contributed by atoms with van der Waals surface area (Å²) in [6.07, 6.45) is -4.48. The lowest BCUT2D eigenvalue weighted by Crippen LogP contribution is -2.13. The van der Waals surface area contributed by atoms with Crippen molar-refractivity contribution in [2.75, 3.05) is 10.0 Å². The van der Waals surface area contributed by atoms with Crippen LogP contribution in [-0.2, 0) is 16.2 Å². The Morgan fingerprint density at radius 2 is 1.53 bits per heavy atom. The number of halogens is 4. The highest BCUT2D eigenvalue weighted by molar-refractivity contribution is 7.92. The Hall–Kier alpha value is -3.44. The smallest absolute Gasteiger partial charge is 0.321 e. The molecule has 4 rings (SSSR count). The Kier molecular flexibility index (Phi) is 6.09. The van der Waals surface area contributed by atoms with Crippen LogP contribution >= 0.6 is 11.3 Å². The van der Waals surface area contributed by atoms with E-state index in [2.05, 4.69) is 10.0 Å². The van der Waals surface area contributed by atoms with E-state index >= 15 is 0 Å². The van der Waals surface area contributed by atoms with Gasteiger partial charge in [-0.3, -0.25) is 9.52 Å². The summed E-state index contributed by atoms with van der Waals surface area (Å²) in [4.78, 5) is 12.9. The lowest BCUT2D eigenvalue weighted by molar-refractivity contribution is -0.137. The summed E-state index contributed by atoms with van der Waals surface area (Å²) in [5.41, 5.74) is 0.237. The van der Waals surface area contributed by atoms with Gasteiger partial charge in [-0.2, -0.15) is 13.2 Å². The van der Waals surface area contributed by atoms with Crippen molar-refractivity contribution < 1.29 is 30.8 Å². The van der Waals surface area contributed by atoms with Crippen LogP contribution in [0.3, 0.4) is 0 Å². The number of carbonyl (C=O) groups excluding carboxylic acids is 1. The number of hydrogen-bond donors (Lipinski definition) is 2. The molecule has 0 atom stereocenters. The van der Waals surface area contributed by atoms with Crippen molar-refractivity contribution in [1.82, 2.24) is 0 Å². The molecule has 0 aliphatic rings. The van der Waals surface area contributed by atoms with Crippen molar-refractivity contribution in [3.8, 4) is 0 Å². The molecule has 4 aromatic rings. The van der Waals surface area contributed by atoms with E-state index in [1.807, 2.05) is 0 Å². The molecule has 11 heteroatoms. The fourth-order valence-corrected chi connectivity index (χ4v) is 5.39. The summed E-state index contributed by atoms with van der Waals surface area (Å²) < 4.78 is 79.8. The molecule has 2 N–H and O–H groups in total. The number of carbonyl (C=O) groups is 1. The van der Waals surface area contributed by atoms with Crippen molar-refractivity contribution in [2.45, 2.75) is 18.0 Å². The van der Waals surface area contributed by atoms with E-state index in [0.717, 1.165) is 47.7 Å². The standard InChI is InChI=1S/C23H16F4N2O3S2/c1-13-19-12-14(23(25,26)27)2-11-20(19)33-21(13)22(30)28-16-5-7-17(8-6-16)29-34(31,32)18-9-3-15(24)4-10-18/h2-12,29H,1H3,(H,28,30). The highest BCUT2D eigenvalue weighted by Crippen LogP contribution is 2.37. The van der Waals surface area contributed by atoms with E-state index in [1.165, 1.54) is 30.3 Å². The van der Waals surface area contributed by atoms with E-state index in [9.17, 15) is 30.8 Å². The van der Waals surface area contributed by atoms with E-state index in [1.54, 1.807) is 6.92 Å². The normalized spacial score (nSPS) is 12.0. The van der Waals surface area contributed by atoms with Crippen LogP contribution in [0.2, 0.25) is 0 Å². The maximum absolute atomic E-state index is 13.0. The van der Waals surface area contributed by atoms with Gasteiger partial charge in [0.05, 0.1) is 15.3 Å². The van der Waals surface area contributed by atoms with Crippen molar-refractivity contribution >= 4 is 48.7 Å². The molecular formula is C23H16F4N2O3S2. The Bertz CT molecular complexity index is 1480. The zero-order valence-electron chi connectivity index (χ0n) is 17.4. The van der Waals surface area contributed by atoms with E-state index in [-0.39, 0.29) is 15.5 Å². The van der Waals surface area contributed by atoms with Crippen LogP contribution in [0.15, 0.2) is 71.6 Å². The fourth-order valence-electron chi connectivity index (χ4n) is 3.25. The number of hydrogen-bond acceptors (Lipinski definition) is 4.